The Labute approximate surface area is 98.8 Å². The van der Waals surface area contributed by atoms with Crippen LogP contribution in [0.1, 0.15) is 5.56 Å². The Morgan fingerprint density at radius 1 is 1.41 bits per heavy atom. The van der Waals surface area contributed by atoms with Crippen LogP contribution in [0.3, 0.4) is 0 Å². The van der Waals surface area contributed by atoms with E-state index in [2.05, 4.69) is 0 Å². The summed E-state index contributed by atoms with van der Waals surface area (Å²) in [6, 6.07) is 5.66. The number of hydrogen-bond acceptors (Lipinski definition) is 4. The average Bonchev–Trinajstić information content (AvgIpc) is 2.61. The van der Waals surface area contributed by atoms with Crippen molar-refractivity contribution in [3.63, 3.8) is 0 Å². The first-order chi connectivity index (χ1) is 8.22. The van der Waals surface area contributed by atoms with Gasteiger partial charge in [-0.1, -0.05) is 6.07 Å². The van der Waals surface area contributed by atoms with E-state index in [0.717, 1.165) is 11.1 Å². The smallest absolute Gasteiger partial charge is 0.408 e. The Morgan fingerprint density at radius 3 is 3.00 bits per heavy atom. The molecule has 17 heavy (non-hydrogen) atoms. The highest BCUT2D eigenvalue weighted by molar-refractivity contribution is 5.73. The van der Waals surface area contributed by atoms with Crippen molar-refractivity contribution in [2.45, 2.75) is 13.5 Å². The first-order valence-corrected chi connectivity index (χ1v) is 5.60. The molecule has 5 heteroatoms. The predicted molar refractivity (Wildman–Crippen MR) is 65.1 cm³/mol. The van der Waals surface area contributed by atoms with Gasteiger partial charge in [0.1, 0.15) is 0 Å². The Bertz CT molecular complexity index is 556. The molecule has 5 nitrogen and oxygen atoms in total. The molecular formula is C12H16N2O3. The van der Waals surface area contributed by atoms with Crippen molar-refractivity contribution >= 4 is 11.1 Å². The number of oxazole rings is 1. The van der Waals surface area contributed by atoms with Crippen LogP contribution in [-0.2, 0) is 11.3 Å². The number of rotatable bonds is 5. The molecule has 0 saturated heterocycles. The molecule has 1 aromatic carbocycles. The van der Waals surface area contributed by atoms with E-state index >= 15 is 0 Å². The number of aryl methyl sites for hydroxylation is 1. The zero-order valence-electron chi connectivity index (χ0n) is 9.81. The fourth-order valence-corrected chi connectivity index (χ4v) is 1.73. The second-order valence-electron chi connectivity index (χ2n) is 3.89. The van der Waals surface area contributed by atoms with E-state index in [-0.39, 0.29) is 5.76 Å². The molecule has 0 atom stereocenters. The van der Waals surface area contributed by atoms with E-state index in [4.69, 9.17) is 14.9 Å². The fraction of sp³-hybridized carbons (Fsp3) is 0.417. The van der Waals surface area contributed by atoms with Gasteiger partial charge >= 0.3 is 5.76 Å². The van der Waals surface area contributed by atoms with Crippen molar-refractivity contribution in [3.05, 3.63) is 34.3 Å². The molecule has 0 bridgehead atoms. The molecule has 0 aliphatic carbocycles. The first kappa shape index (κ1) is 11.9. The van der Waals surface area contributed by atoms with E-state index in [1.165, 1.54) is 0 Å². The standard InChI is InChI=1S/C12H16N2O3/c1-9-2-3-11-10(8-9)14(12(15)17-11)5-7-16-6-4-13/h2-3,8H,4-7,13H2,1H3. The van der Waals surface area contributed by atoms with Crippen molar-refractivity contribution in [3.8, 4) is 0 Å². The summed E-state index contributed by atoms with van der Waals surface area (Å²) < 4.78 is 12.0. The fourth-order valence-electron chi connectivity index (χ4n) is 1.73. The summed E-state index contributed by atoms with van der Waals surface area (Å²) in [5.41, 5.74) is 7.83. The van der Waals surface area contributed by atoms with Gasteiger partial charge in [0.05, 0.1) is 25.3 Å². The van der Waals surface area contributed by atoms with E-state index in [0.29, 0.717) is 31.9 Å². The van der Waals surface area contributed by atoms with Crippen LogP contribution < -0.4 is 11.5 Å². The highest BCUT2D eigenvalue weighted by atomic mass is 16.5. The molecule has 2 aromatic rings. The normalized spacial score (nSPS) is 11.2. The van der Waals surface area contributed by atoms with Crippen LogP contribution >= 0.6 is 0 Å². The van der Waals surface area contributed by atoms with Crippen LogP contribution in [-0.4, -0.2) is 24.3 Å². The van der Waals surface area contributed by atoms with Gasteiger partial charge in [-0.25, -0.2) is 4.79 Å². The van der Waals surface area contributed by atoms with Gasteiger partial charge in [-0.05, 0) is 24.6 Å². The van der Waals surface area contributed by atoms with Crippen LogP contribution in [0.15, 0.2) is 27.4 Å². The third kappa shape index (κ3) is 2.57. The number of ether oxygens (including phenoxy) is 1. The molecule has 0 saturated carbocycles. The van der Waals surface area contributed by atoms with E-state index in [1.54, 1.807) is 4.57 Å². The Hall–Kier alpha value is -1.59. The van der Waals surface area contributed by atoms with Crippen LogP contribution in [0.4, 0.5) is 0 Å². The van der Waals surface area contributed by atoms with Gasteiger partial charge in [-0.2, -0.15) is 0 Å². The summed E-state index contributed by atoms with van der Waals surface area (Å²) in [7, 11) is 0. The number of benzene rings is 1. The Kier molecular flexibility index (Phi) is 3.61. The van der Waals surface area contributed by atoms with E-state index in [9.17, 15) is 4.79 Å². The number of nitrogens with two attached hydrogens (primary N) is 1. The quantitative estimate of drug-likeness (QED) is 0.782. The van der Waals surface area contributed by atoms with Gasteiger partial charge in [-0.3, -0.25) is 4.57 Å². The second kappa shape index (κ2) is 5.16. The molecule has 0 aliphatic rings. The number of aromatic nitrogens is 1. The third-order valence-corrected chi connectivity index (χ3v) is 2.54. The minimum Gasteiger partial charge on any atom is -0.408 e. The van der Waals surface area contributed by atoms with Crippen LogP contribution in [0.2, 0.25) is 0 Å². The van der Waals surface area contributed by atoms with Crippen LogP contribution in [0.5, 0.6) is 0 Å². The second-order valence-corrected chi connectivity index (χ2v) is 3.89. The third-order valence-electron chi connectivity index (χ3n) is 2.54. The van der Waals surface area contributed by atoms with Crippen molar-refractivity contribution in [1.29, 1.82) is 0 Å². The Balaban J connectivity index is 2.23. The lowest BCUT2D eigenvalue weighted by molar-refractivity contribution is 0.132. The van der Waals surface area contributed by atoms with E-state index in [1.807, 2.05) is 25.1 Å². The minimum absolute atomic E-state index is 0.345. The van der Waals surface area contributed by atoms with Gasteiger partial charge < -0.3 is 14.9 Å². The SMILES string of the molecule is Cc1ccc2oc(=O)n(CCOCCN)c2c1. The molecule has 1 aromatic heterocycles. The highest BCUT2D eigenvalue weighted by Gasteiger charge is 2.08. The lowest BCUT2D eigenvalue weighted by Gasteiger charge is -2.03. The van der Waals surface area contributed by atoms with Gasteiger partial charge in [0.15, 0.2) is 5.58 Å². The summed E-state index contributed by atoms with van der Waals surface area (Å²) >= 11 is 0. The number of nitrogens with zero attached hydrogens (tertiary/aromatic N) is 1. The summed E-state index contributed by atoms with van der Waals surface area (Å²) in [5.74, 6) is -0.345. The molecule has 0 spiro atoms. The zero-order chi connectivity index (χ0) is 12.3. The summed E-state index contributed by atoms with van der Waals surface area (Å²) in [5, 5.41) is 0. The maximum atomic E-state index is 11.6. The lowest BCUT2D eigenvalue weighted by atomic mass is 10.2. The van der Waals surface area contributed by atoms with Crippen molar-refractivity contribution in [2.75, 3.05) is 19.8 Å². The van der Waals surface area contributed by atoms with Gasteiger partial charge in [0.25, 0.3) is 0 Å². The molecule has 0 amide bonds. The first-order valence-electron chi connectivity index (χ1n) is 5.60. The molecule has 0 unspecified atom stereocenters. The van der Waals surface area contributed by atoms with Crippen LogP contribution in [0.25, 0.3) is 11.1 Å². The molecule has 1 heterocycles. The Morgan fingerprint density at radius 2 is 2.24 bits per heavy atom. The van der Waals surface area contributed by atoms with Crippen molar-refractivity contribution in [2.24, 2.45) is 5.73 Å². The largest absolute Gasteiger partial charge is 0.420 e. The average molecular weight is 236 g/mol. The summed E-state index contributed by atoms with van der Waals surface area (Å²) in [6.07, 6.45) is 0. The zero-order valence-corrected chi connectivity index (χ0v) is 9.81. The highest BCUT2D eigenvalue weighted by Crippen LogP contribution is 2.14. The van der Waals surface area contributed by atoms with Crippen molar-refractivity contribution < 1.29 is 9.15 Å². The topological polar surface area (TPSA) is 70.4 Å². The van der Waals surface area contributed by atoms with Gasteiger partial charge in [0, 0.05) is 6.54 Å². The van der Waals surface area contributed by atoms with Crippen LogP contribution in [0, 0.1) is 6.92 Å². The van der Waals surface area contributed by atoms with Gasteiger partial charge in [0.2, 0.25) is 0 Å². The lowest BCUT2D eigenvalue weighted by Crippen LogP contribution is -2.19. The van der Waals surface area contributed by atoms with E-state index < -0.39 is 0 Å². The summed E-state index contributed by atoms with van der Waals surface area (Å²) in [4.78, 5) is 11.6. The molecule has 0 fully saturated rings. The number of hydrogen-bond donors (Lipinski definition) is 1. The molecule has 92 valence electrons. The molecule has 2 N–H and O–H groups in total. The molecule has 0 radical (unpaired) electrons. The maximum Gasteiger partial charge on any atom is 0.420 e. The number of fused-ring (bicyclic) bond motifs is 1. The molecular weight excluding hydrogens is 220 g/mol. The van der Waals surface area contributed by atoms with Crippen molar-refractivity contribution in [1.82, 2.24) is 4.57 Å². The minimum atomic E-state index is -0.345. The van der Waals surface area contributed by atoms with Gasteiger partial charge in [-0.15, -0.1) is 0 Å². The molecule has 0 aliphatic heterocycles. The maximum absolute atomic E-state index is 11.6. The monoisotopic (exact) mass is 236 g/mol. The molecule has 2 rings (SSSR count). The predicted octanol–water partition coefficient (Wildman–Crippen LogP) is 0.878. The summed E-state index contributed by atoms with van der Waals surface area (Å²) in [6.45, 7) is 3.91.